The van der Waals surface area contributed by atoms with Crippen LogP contribution in [0.2, 0.25) is 0 Å². The van der Waals surface area contributed by atoms with Gasteiger partial charge in [0.1, 0.15) is 36.3 Å². The highest BCUT2D eigenvalue weighted by molar-refractivity contribution is 5.79. The van der Waals surface area contributed by atoms with Gasteiger partial charge in [0.15, 0.2) is 5.79 Å². The number of hydrogen-bond acceptors (Lipinski definition) is 11. The Labute approximate surface area is 309 Å². The fourth-order valence-corrected chi connectivity index (χ4v) is 10.9. The van der Waals surface area contributed by atoms with Gasteiger partial charge in [0.25, 0.3) is 0 Å². The average molecular weight is 730 g/mol. The summed E-state index contributed by atoms with van der Waals surface area (Å²) in [6.45, 7) is 15.8. The van der Waals surface area contributed by atoms with Crippen molar-refractivity contribution in [1.82, 2.24) is 0 Å². The van der Waals surface area contributed by atoms with E-state index in [1.54, 1.807) is 7.11 Å². The summed E-state index contributed by atoms with van der Waals surface area (Å²) < 4.78 is 58.5. The predicted octanol–water partition coefficient (Wildman–Crippen LogP) is 5.10. The van der Waals surface area contributed by atoms with E-state index in [1.807, 2.05) is 6.92 Å². The van der Waals surface area contributed by atoms with Gasteiger partial charge in [-0.15, -0.1) is 0 Å². The first-order chi connectivity index (χ1) is 25.1. The molecule has 11 nitrogen and oxygen atoms in total. The molecule has 0 saturated carbocycles. The molecular formula is C41H63NO10. The number of methoxy groups -OCH3 is 1. The Bertz CT molecular complexity index is 1330. The zero-order valence-corrected chi connectivity index (χ0v) is 31.8. The Balaban J connectivity index is 0.908. The van der Waals surface area contributed by atoms with Crippen molar-refractivity contribution < 1.29 is 47.4 Å². The van der Waals surface area contributed by atoms with Crippen molar-refractivity contribution in [3.05, 3.63) is 24.3 Å². The van der Waals surface area contributed by atoms with Crippen molar-refractivity contribution in [2.75, 3.05) is 13.7 Å². The standard InChI is InChI=1S/C41H63NO10/c1-7-25-16-22(3)29(45-25)12-10-26-15-21(2)23(4)32(46-26)19-33-28(35(44-6)30(48-33)9-8-14-42)18-24(43)17-27-11-13-31-36(47-27)40-39-38(49-31)37-34(50-39)20-41(5,51-37)52-40/h21,25-40H,3-4,7-20,42H2,1-2,5-6H3/t21?,25?,26?,27?,28?,29-,30?,31?,32?,33?,34?,35+,36-,37?,38-,39?,40+,41-/m0/s1. The number of ether oxygens (including phenoxy) is 9. The molecule has 9 aliphatic heterocycles. The lowest BCUT2D eigenvalue weighted by Crippen LogP contribution is -2.61. The van der Waals surface area contributed by atoms with E-state index in [0.29, 0.717) is 38.1 Å². The molecule has 52 heavy (non-hydrogen) atoms. The third-order valence-corrected chi connectivity index (χ3v) is 13.6. The van der Waals surface area contributed by atoms with E-state index < -0.39 is 5.79 Å². The SMILES string of the molecule is C=C1C(C)CC(CC[C@@H]2OC(CC)CC2=C)OC1CC1OC(CCCN)[C@H](OC)C1CC(=O)CC1CCC2O[C@H]3C4O[C@]5(C)CC4OC3[C@H](O5)[C@H]2O1. The lowest BCUT2D eigenvalue weighted by atomic mass is 9.81. The van der Waals surface area contributed by atoms with Gasteiger partial charge in [-0.05, 0) is 88.3 Å². The zero-order chi connectivity index (χ0) is 36.3. The number of carbonyl (C=O) groups excluding carboxylic acids is 1. The van der Waals surface area contributed by atoms with Crippen LogP contribution in [0, 0.1) is 11.8 Å². The van der Waals surface area contributed by atoms with Gasteiger partial charge >= 0.3 is 0 Å². The maximum absolute atomic E-state index is 14.0. The lowest BCUT2D eigenvalue weighted by molar-refractivity contribution is -0.285. The van der Waals surface area contributed by atoms with Gasteiger partial charge in [0, 0.05) is 38.7 Å². The van der Waals surface area contributed by atoms with Crippen molar-refractivity contribution in [2.24, 2.45) is 17.6 Å². The van der Waals surface area contributed by atoms with Crippen LogP contribution in [-0.2, 0) is 47.4 Å². The van der Waals surface area contributed by atoms with Crippen LogP contribution in [0.15, 0.2) is 24.3 Å². The second kappa shape index (κ2) is 15.4. The Kier molecular flexibility index (Phi) is 11.1. The monoisotopic (exact) mass is 729 g/mol. The summed E-state index contributed by atoms with van der Waals surface area (Å²) in [4.78, 5) is 14.0. The van der Waals surface area contributed by atoms with Gasteiger partial charge in [-0.25, -0.2) is 0 Å². The topological polar surface area (TPSA) is 126 Å². The van der Waals surface area contributed by atoms with E-state index in [9.17, 15) is 4.79 Å². The Hall–Kier alpha value is -1.25. The minimum absolute atomic E-state index is 0.00236. The molecular weight excluding hydrogens is 666 g/mol. The van der Waals surface area contributed by atoms with E-state index in [4.69, 9.17) is 48.4 Å². The fourth-order valence-electron chi connectivity index (χ4n) is 10.9. The molecule has 9 rings (SSSR count). The van der Waals surface area contributed by atoms with Crippen LogP contribution in [0.3, 0.4) is 0 Å². The maximum Gasteiger partial charge on any atom is 0.169 e. The Morgan fingerprint density at radius 3 is 2.38 bits per heavy atom. The molecule has 0 aromatic rings. The minimum Gasteiger partial charge on any atom is -0.378 e. The summed E-state index contributed by atoms with van der Waals surface area (Å²) in [6, 6.07) is 0. The number of fused-ring (bicyclic) bond motifs is 1. The smallest absolute Gasteiger partial charge is 0.169 e. The third-order valence-electron chi connectivity index (χ3n) is 13.6. The number of Topliss-reactive ketones (excluding diaryl/α,β-unsaturated/α-hetero) is 1. The van der Waals surface area contributed by atoms with Crippen molar-refractivity contribution in [1.29, 1.82) is 0 Å². The minimum atomic E-state index is -0.691. The summed E-state index contributed by atoms with van der Waals surface area (Å²) in [5, 5.41) is 0. The second-order valence-electron chi connectivity index (χ2n) is 17.3. The molecule has 0 aromatic carbocycles. The summed E-state index contributed by atoms with van der Waals surface area (Å²) in [6.07, 6.45) is 8.49. The van der Waals surface area contributed by atoms with E-state index in [-0.39, 0.29) is 103 Å². The molecule has 9 aliphatic rings. The third kappa shape index (κ3) is 7.26. The molecule has 2 N–H and O–H groups in total. The number of rotatable bonds is 14. The molecule has 9 saturated heterocycles. The van der Waals surface area contributed by atoms with Crippen LogP contribution in [0.5, 0.6) is 0 Å². The molecule has 0 radical (unpaired) electrons. The second-order valence-corrected chi connectivity index (χ2v) is 17.3. The molecule has 292 valence electrons. The number of hydrogen-bond donors (Lipinski definition) is 1. The first-order valence-electron chi connectivity index (χ1n) is 20.5. The molecule has 11 heteroatoms. The van der Waals surface area contributed by atoms with Gasteiger partial charge in [0.05, 0.1) is 61.0 Å². The van der Waals surface area contributed by atoms with Gasteiger partial charge < -0.3 is 48.4 Å². The summed E-state index contributed by atoms with van der Waals surface area (Å²) >= 11 is 0. The molecule has 18 atom stereocenters. The molecule has 0 aromatic heterocycles. The summed E-state index contributed by atoms with van der Waals surface area (Å²) in [7, 11) is 1.73. The molecule has 0 amide bonds. The van der Waals surface area contributed by atoms with Crippen molar-refractivity contribution in [2.45, 2.75) is 202 Å². The van der Waals surface area contributed by atoms with Crippen LogP contribution < -0.4 is 5.73 Å². The normalized spacial score (nSPS) is 49.4. The van der Waals surface area contributed by atoms with E-state index in [0.717, 1.165) is 63.4 Å². The highest BCUT2D eigenvalue weighted by atomic mass is 16.8. The molecule has 0 aliphatic carbocycles. The van der Waals surface area contributed by atoms with Gasteiger partial charge in [-0.1, -0.05) is 27.0 Å². The fraction of sp³-hybridized carbons (Fsp3) is 0.878. The van der Waals surface area contributed by atoms with E-state index >= 15 is 0 Å². The number of carbonyl (C=O) groups is 1. The average Bonchev–Trinajstić information content (AvgIpc) is 3.80. The van der Waals surface area contributed by atoms with Crippen LogP contribution in [0.1, 0.15) is 104 Å². The molecule has 0 spiro atoms. The molecule has 9 heterocycles. The first-order valence-corrected chi connectivity index (χ1v) is 20.5. The van der Waals surface area contributed by atoms with Crippen molar-refractivity contribution in [3.63, 3.8) is 0 Å². The van der Waals surface area contributed by atoms with Crippen LogP contribution in [-0.4, -0.2) is 117 Å². The molecule has 12 unspecified atom stereocenters. The largest absolute Gasteiger partial charge is 0.378 e. The van der Waals surface area contributed by atoms with E-state index in [2.05, 4.69) is 27.0 Å². The van der Waals surface area contributed by atoms with Crippen LogP contribution in [0.25, 0.3) is 0 Å². The zero-order valence-electron chi connectivity index (χ0n) is 31.8. The van der Waals surface area contributed by atoms with Crippen molar-refractivity contribution >= 4 is 5.78 Å². The number of nitrogens with two attached hydrogens (primary N) is 1. The highest BCUT2D eigenvalue weighted by Crippen LogP contribution is 2.52. The Morgan fingerprint density at radius 2 is 1.62 bits per heavy atom. The number of ketones is 1. The predicted molar refractivity (Wildman–Crippen MR) is 192 cm³/mol. The van der Waals surface area contributed by atoms with Crippen molar-refractivity contribution in [3.8, 4) is 0 Å². The van der Waals surface area contributed by atoms with Gasteiger partial charge in [0.2, 0.25) is 0 Å². The van der Waals surface area contributed by atoms with Gasteiger partial charge in [-0.2, -0.15) is 0 Å². The quantitative estimate of drug-likeness (QED) is 0.240. The highest BCUT2D eigenvalue weighted by Gasteiger charge is 2.67. The molecule has 6 bridgehead atoms. The molecule has 9 fully saturated rings. The Morgan fingerprint density at radius 1 is 0.846 bits per heavy atom. The van der Waals surface area contributed by atoms with Crippen LogP contribution >= 0.6 is 0 Å². The lowest BCUT2D eigenvalue weighted by Gasteiger charge is -2.47. The summed E-state index contributed by atoms with van der Waals surface area (Å²) in [5.74, 6) is -0.311. The van der Waals surface area contributed by atoms with Gasteiger partial charge in [-0.3, -0.25) is 4.79 Å². The summed E-state index contributed by atoms with van der Waals surface area (Å²) in [5.41, 5.74) is 8.23. The maximum atomic E-state index is 14.0. The first kappa shape index (κ1) is 37.7. The van der Waals surface area contributed by atoms with Crippen LogP contribution in [0.4, 0.5) is 0 Å². The van der Waals surface area contributed by atoms with E-state index in [1.165, 1.54) is 5.57 Å².